The molecule has 0 fully saturated rings. The number of rotatable bonds is 4. The third kappa shape index (κ3) is 3.46. The fraction of sp³-hybridized carbons (Fsp3) is 0.263. The van der Waals surface area contributed by atoms with Crippen LogP contribution < -0.4 is 5.32 Å². The van der Waals surface area contributed by atoms with E-state index in [-0.39, 0.29) is 5.91 Å². The first-order valence-corrected chi connectivity index (χ1v) is 7.88. The average Bonchev–Trinajstić information content (AvgIpc) is 2.60. The summed E-state index contributed by atoms with van der Waals surface area (Å²) >= 11 is 0. The molecule has 0 saturated carbocycles. The molecule has 0 saturated heterocycles. The van der Waals surface area contributed by atoms with Crippen molar-refractivity contribution < 1.29 is 19.4 Å². The SMILES string of the molecule is C[C@@H](C(=O)O)c1cccc(NC(=O)c2ccc3c(c2)CCOC3)c1. The Morgan fingerprint density at radius 2 is 2.00 bits per heavy atom. The van der Waals surface area contributed by atoms with Crippen molar-refractivity contribution in [3.63, 3.8) is 0 Å². The van der Waals surface area contributed by atoms with Crippen LogP contribution in [-0.2, 0) is 22.6 Å². The van der Waals surface area contributed by atoms with Crippen LogP contribution in [0.5, 0.6) is 0 Å². The van der Waals surface area contributed by atoms with Crippen molar-refractivity contribution in [3.8, 4) is 0 Å². The van der Waals surface area contributed by atoms with Gasteiger partial charge in [0.15, 0.2) is 0 Å². The third-order valence-electron chi connectivity index (χ3n) is 4.26. The molecule has 2 aromatic rings. The van der Waals surface area contributed by atoms with Gasteiger partial charge in [0.2, 0.25) is 0 Å². The van der Waals surface area contributed by atoms with Gasteiger partial charge in [-0.25, -0.2) is 0 Å². The van der Waals surface area contributed by atoms with Crippen molar-refractivity contribution in [1.82, 2.24) is 0 Å². The van der Waals surface area contributed by atoms with Gasteiger partial charge in [0, 0.05) is 11.3 Å². The van der Waals surface area contributed by atoms with E-state index < -0.39 is 11.9 Å². The summed E-state index contributed by atoms with van der Waals surface area (Å²) in [5, 5.41) is 11.9. The van der Waals surface area contributed by atoms with Gasteiger partial charge in [0.25, 0.3) is 5.91 Å². The van der Waals surface area contributed by atoms with Gasteiger partial charge >= 0.3 is 5.97 Å². The minimum Gasteiger partial charge on any atom is -0.481 e. The maximum Gasteiger partial charge on any atom is 0.310 e. The summed E-state index contributed by atoms with van der Waals surface area (Å²) in [6, 6.07) is 12.5. The van der Waals surface area contributed by atoms with Crippen LogP contribution in [0.3, 0.4) is 0 Å². The molecule has 0 aliphatic carbocycles. The molecule has 1 amide bonds. The molecule has 0 radical (unpaired) electrons. The number of aliphatic carboxylic acids is 1. The largest absolute Gasteiger partial charge is 0.481 e. The van der Waals surface area contributed by atoms with Gasteiger partial charge in [-0.3, -0.25) is 9.59 Å². The Hall–Kier alpha value is -2.66. The highest BCUT2D eigenvalue weighted by Crippen LogP contribution is 2.22. The Morgan fingerprint density at radius 1 is 1.17 bits per heavy atom. The van der Waals surface area contributed by atoms with Crippen LogP contribution in [-0.4, -0.2) is 23.6 Å². The number of hydrogen-bond donors (Lipinski definition) is 2. The molecule has 0 bridgehead atoms. The second-order valence-electron chi connectivity index (χ2n) is 5.93. The summed E-state index contributed by atoms with van der Waals surface area (Å²) in [6.07, 6.45) is 0.808. The summed E-state index contributed by atoms with van der Waals surface area (Å²) in [5.74, 6) is -1.72. The number of benzene rings is 2. The van der Waals surface area contributed by atoms with Gasteiger partial charge in [-0.05, 0) is 54.3 Å². The summed E-state index contributed by atoms with van der Waals surface area (Å²) in [6.45, 7) is 2.88. The van der Waals surface area contributed by atoms with E-state index in [1.807, 2.05) is 12.1 Å². The van der Waals surface area contributed by atoms with E-state index in [9.17, 15) is 9.59 Å². The van der Waals surface area contributed by atoms with Gasteiger partial charge in [-0.15, -0.1) is 0 Å². The van der Waals surface area contributed by atoms with E-state index in [0.717, 1.165) is 17.5 Å². The molecule has 0 aromatic heterocycles. The van der Waals surface area contributed by atoms with Crippen LogP contribution in [0.25, 0.3) is 0 Å². The minimum absolute atomic E-state index is 0.204. The molecule has 2 N–H and O–H groups in total. The number of ether oxygens (including phenoxy) is 1. The lowest BCUT2D eigenvalue weighted by Gasteiger charge is -2.17. The normalized spacial score (nSPS) is 14.5. The number of carboxylic acid groups (broad SMARTS) is 1. The van der Waals surface area contributed by atoms with Crippen LogP contribution >= 0.6 is 0 Å². The number of anilines is 1. The summed E-state index contributed by atoms with van der Waals surface area (Å²) in [5.41, 5.74) is 4.10. The lowest BCUT2D eigenvalue weighted by atomic mass is 9.99. The molecule has 1 atom stereocenters. The first-order valence-electron chi connectivity index (χ1n) is 7.88. The fourth-order valence-corrected chi connectivity index (χ4v) is 2.74. The molecule has 5 heteroatoms. The molecular weight excluding hydrogens is 306 g/mol. The Morgan fingerprint density at radius 3 is 2.79 bits per heavy atom. The number of nitrogens with one attached hydrogen (secondary N) is 1. The Labute approximate surface area is 140 Å². The highest BCUT2D eigenvalue weighted by molar-refractivity contribution is 6.04. The maximum absolute atomic E-state index is 12.5. The van der Waals surface area contributed by atoms with Gasteiger partial charge < -0.3 is 15.2 Å². The highest BCUT2D eigenvalue weighted by Gasteiger charge is 2.16. The van der Waals surface area contributed by atoms with E-state index in [2.05, 4.69) is 5.32 Å². The second kappa shape index (κ2) is 6.84. The summed E-state index contributed by atoms with van der Waals surface area (Å²) < 4.78 is 5.40. The number of carbonyl (C=O) groups excluding carboxylic acids is 1. The van der Waals surface area contributed by atoms with Crippen molar-refractivity contribution in [3.05, 3.63) is 64.7 Å². The van der Waals surface area contributed by atoms with Gasteiger partial charge in [0.05, 0.1) is 19.1 Å². The smallest absolute Gasteiger partial charge is 0.310 e. The fourth-order valence-electron chi connectivity index (χ4n) is 2.74. The van der Waals surface area contributed by atoms with Gasteiger partial charge in [0.1, 0.15) is 0 Å². The van der Waals surface area contributed by atoms with Gasteiger partial charge in [-0.1, -0.05) is 18.2 Å². The van der Waals surface area contributed by atoms with E-state index in [1.54, 1.807) is 37.3 Å². The van der Waals surface area contributed by atoms with E-state index in [1.165, 1.54) is 0 Å². The molecule has 1 aliphatic heterocycles. The van der Waals surface area contributed by atoms with Crippen LogP contribution in [0, 0.1) is 0 Å². The van der Waals surface area contributed by atoms with Crippen LogP contribution in [0.2, 0.25) is 0 Å². The molecule has 124 valence electrons. The zero-order chi connectivity index (χ0) is 17.1. The maximum atomic E-state index is 12.5. The number of fused-ring (bicyclic) bond motifs is 1. The molecule has 1 aliphatic rings. The Balaban J connectivity index is 1.77. The van der Waals surface area contributed by atoms with E-state index in [0.29, 0.717) is 30.0 Å². The van der Waals surface area contributed by atoms with Crippen molar-refractivity contribution >= 4 is 17.6 Å². The molecule has 1 heterocycles. The van der Waals surface area contributed by atoms with E-state index in [4.69, 9.17) is 9.84 Å². The first kappa shape index (κ1) is 16.2. The number of amides is 1. The first-order chi connectivity index (χ1) is 11.5. The number of carbonyl (C=O) groups is 2. The van der Waals surface area contributed by atoms with Gasteiger partial charge in [-0.2, -0.15) is 0 Å². The van der Waals surface area contributed by atoms with Crippen LogP contribution in [0.1, 0.15) is 39.9 Å². The Bertz CT molecular complexity index is 785. The van der Waals surface area contributed by atoms with Crippen LogP contribution in [0.4, 0.5) is 5.69 Å². The predicted octanol–water partition coefficient (Wildman–Crippen LogP) is 3.20. The molecule has 5 nitrogen and oxygen atoms in total. The zero-order valence-electron chi connectivity index (χ0n) is 13.4. The van der Waals surface area contributed by atoms with Crippen molar-refractivity contribution in [2.45, 2.75) is 25.9 Å². The summed E-state index contributed by atoms with van der Waals surface area (Å²) in [4.78, 5) is 23.5. The molecule has 0 unspecified atom stereocenters. The molecule has 24 heavy (non-hydrogen) atoms. The van der Waals surface area contributed by atoms with Crippen molar-refractivity contribution in [1.29, 1.82) is 0 Å². The monoisotopic (exact) mass is 325 g/mol. The molecule has 2 aromatic carbocycles. The quantitative estimate of drug-likeness (QED) is 0.905. The molecule has 0 spiro atoms. The zero-order valence-corrected chi connectivity index (χ0v) is 13.4. The molecular formula is C19H19NO4. The lowest BCUT2D eigenvalue weighted by molar-refractivity contribution is -0.138. The standard InChI is InChI=1S/C19H19NO4/c1-12(19(22)23)13-3-2-4-17(10-13)20-18(21)15-5-6-16-11-24-8-7-14(16)9-15/h2-6,9-10,12H,7-8,11H2,1H3,(H,20,21)(H,22,23)/t12-/m1/s1. The topological polar surface area (TPSA) is 75.6 Å². The summed E-state index contributed by atoms with van der Waals surface area (Å²) in [7, 11) is 0. The number of hydrogen-bond acceptors (Lipinski definition) is 3. The highest BCUT2D eigenvalue weighted by atomic mass is 16.5. The number of carboxylic acids is 1. The second-order valence-corrected chi connectivity index (χ2v) is 5.93. The molecule has 3 rings (SSSR count). The minimum atomic E-state index is -0.893. The van der Waals surface area contributed by atoms with E-state index >= 15 is 0 Å². The van der Waals surface area contributed by atoms with Crippen molar-refractivity contribution in [2.75, 3.05) is 11.9 Å². The third-order valence-corrected chi connectivity index (χ3v) is 4.26. The predicted molar refractivity (Wildman–Crippen MR) is 90.2 cm³/mol. The van der Waals surface area contributed by atoms with Crippen LogP contribution in [0.15, 0.2) is 42.5 Å². The average molecular weight is 325 g/mol. The lowest BCUT2D eigenvalue weighted by Crippen LogP contribution is -2.15. The Kier molecular flexibility index (Phi) is 4.62. The van der Waals surface area contributed by atoms with Crippen molar-refractivity contribution in [2.24, 2.45) is 0 Å².